The highest BCUT2D eigenvalue weighted by molar-refractivity contribution is 8.13. The molecule has 0 spiro atoms. The Balaban J connectivity index is 0.000000459. The van der Waals surface area contributed by atoms with Crippen molar-refractivity contribution in [2.75, 3.05) is 34.3 Å². The fourth-order valence-corrected chi connectivity index (χ4v) is 4.93. The van der Waals surface area contributed by atoms with Gasteiger partial charge in [0.25, 0.3) is 0 Å². The zero-order chi connectivity index (χ0) is 31.0. The largest absolute Gasteiger partial charge is 0.494 e. The molecule has 0 aliphatic heterocycles. The van der Waals surface area contributed by atoms with Gasteiger partial charge in [-0.1, -0.05) is 42.0 Å². The van der Waals surface area contributed by atoms with Crippen molar-refractivity contribution in [1.82, 2.24) is 0 Å². The lowest BCUT2D eigenvalue weighted by Gasteiger charge is -2.23. The molecule has 0 heterocycles. The first-order chi connectivity index (χ1) is 18.1. The summed E-state index contributed by atoms with van der Waals surface area (Å²) in [6, 6.07) is 16.5. The minimum Gasteiger partial charge on any atom is -0.494 e. The standard InChI is InChI=1S/C22H31ClNO.C2F6NO4S2/c1-18-8-10-19(11-9-18)22(23)20-12-14-21(15-13-20)25-17-7-5-6-16-24(2,3)4;3-1(4,5)14(10,11)9-15(12,13)2(6,7)8/h8-15,22H,5-7,16-17H2,1-4H3;/q+1;-1. The first-order valence-electron chi connectivity index (χ1n) is 11.7. The van der Waals surface area contributed by atoms with E-state index in [4.69, 9.17) is 16.3 Å². The number of benzene rings is 2. The normalized spacial score (nSPS) is 13.8. The van der Waals surface area contributed by atoms with Crippen LogP contribution in [0.25, 0.3) is 4.13 Å². The van der Waals surface area contributed by atoms with E-state index >= 15 is 0 Å². The van der Waals surface area contributed by atoms with Gasteiger partial charge in [0.2, 0.25) is 0 Å². The van der Waals surface area contributed by atoms with Crippen LogP contribution in [0.5, 0.6) is 5.75 Å². The van der Waals surface area contributed by atoms with Crippen molar-refractivity contribution in [1.29, 1.82) is 0 Å². The average Bonchev–Trinajstić information content (AvgIpc) is 2.79. The molecule has 0 bridgehead atoms. The molecule has 2 rings (SSSR count). The summed E-state index contributed by atoms with van der Waals surface area (Å²) in [5.41, 5.74) is -8.94. The van der Waals surface area contributed by atoms with Gasteiger partial charge in [-0.15, -0.1) is 11.6 Å². The van der Waals surface area contributed by atoms with Gasteiger partial charge in [0, 0.05) is 0 Å². The molecular weight excluding hydrogens is 610 g/mol. The monoisotopic (exact) mass is 640 g/mol. The molecule has 0 aromatic heterocycles. The van der Waals surface area contributed by atoms with E-state index in [1.165, 1.54) is 24.9 Å². The van der Waals surface area contributed by atoms with Gasteiger partial charge >= 0.3 is 11.0 Å². The minimum atomic E-state index is -6.72. The first kappa shape index (κ1) is 36.0. The number of sulfonamides is 2. The van der Waals surface area contributed by atoms with Gasteiger partial charge in [0.05, 0.1) is 39.7 Å². The summed E-state index contributed by atoms with van der Waals surface area (Å²) >= 11 is 6.59. The quantitative estimate of drug-likeness (QED) is 0.119. The molecule has 0 N–H and O–H groups in total. The van der Waals surface area contributed by atoms with Crippen molar-refractivity contribution in [3.05, 3.63) is 69.3 Å². The van der Waals surface area contributed by atoms with Crippen molar-refractivity contribution < 1.29 is 52.4 Å². The number of hydrogen-bond donors (Lipinski definition) is 0. The summed E-state index contributed by atoms with van der Waals surface area (Å²) in [5.74, 6) is 0.920. The van der Waals surface area contributed by atoms with Crippen LogP contribution >= 0.6 is 11.6 Å². The van der Waals surface area contributed by atoms with Gasteiger partial charge < -0.3 is 13.3 Å². The van der Waals surface area contributed by atoms with Crippen LogP contribution in [0.4, 0.5) is 26.3 Å². The van der Waals surface area contributed by atoms with Crippen molar-refractivity contribution in [2.24, 2.45) is 0 Å². The van der Waals surface area contributed by atoms with Crippen molar-refractivity contribution >= 4 is 31.6 Å². The molecular formula is C24H31ClF6N2O5S2. The van der Waals surface area contributed by atoms with Crippen molar-refractivity contribution in [3.8, 4) is 5.75 Å². The predicted molar refractivity (Wildman–Crippen MR) is 141 cm³/mol. The Labute approximate surface area is 235 Å². The van der Waals surface area contributed by atoms with E-state index in [1.807, 2.05) is 12.1 Å². The first-order valence-corrected chi connectivity index (χ1v) is 15.0. The number of quaternary nitrogens is 1. The third kappa shape index (κ3) is 12.2. The summed E-state index contributed by atoms with van der Waals surface area (Å²) in [6.45, 7) is 4.07. The number of aryl methyl sites for hydroxylation is 1. The van der Waals surface area contributed by atoms with Crippen LogP contribution in [0.15, 0.2) is 48.5 Å². The molecule has 0 radical (unpaired) electrons. The zero-order valence-corrected chi connectivity index (χ0v) is 24.5. The average molecular weight is 641 g/mol. The Hall–Kier alpha value is -2.07. The Kier molecular flexibility index (Phi) is 12.8. The lowest BCUT2D eigenvalue weighted by atomic mass is 10.0. The summed E-state index contributed by atoms with van der Waals surface area (Å²) in [4.78, 5) is 0. The van der Waals surface area contributed by atoms with Crippen LogP contribution in [0.1, 0.15) is 41.3 Å². The molecule has 0 aliphatic rings. The predicted octanol–water partition coefficient (Wildman–Crippen LogP) is 6.64. The highest BCUT2D eigenvalue weighted by Crippen LogP contribution is 2.36. The molecule has 0 saturated heterocycles. The van der Waals surface area contributed by atoms with E-state index in [0.717, 1.165) is 38.5 Å². The number of unbranched alkanes of at least 4 members (excludes halogenated alkanes) is 2. The number of nitrogens with zero attached hydrogens (tertiary/aromatic N) is 2. The minimum absolute atomic E-state index is 0.120. The molecule has 0 amide bonds. The van der Waals surface area contributed by atoms with E-state index in [2.05, 4.69) is 64.5 Å². The highest BCUT2D eigenvalue weighted by atomic mass is 35.5. The highest BCUT2D eigenvalue weighted by Gasteiger charge is 2.46. The topological polar surface area (TPSA) is 91.6 Å². The van der Waals surface area contributed by atoms with Crippen molar-refractivity contribution in [2.45, 2.75) is 42.6 Å². The maximum Gasteiger partial charge on any atom is 0.480 e. The lowest BCUT2D eigenvalue weighted by molar-refractivity contribution is -0.870. The number of ether oxygens (including phenoxy) is 1. The van der Waals surface area contributed by atoms with Gasteiger partial charge in [-0.3, -0.25) is 0 Å². The second-order valence-corrected chi connectivity index (χ2v) is 13.5. The summed E-state index contributed by atoms with van der Waals surface area (Å²) in [7, 11) is -6.74. The molecule has 40 heavy (non-hydrogen) atoms. The molecule has 2 aromatic rings. The Morgan fingerprint density at radius 3 is 1.60 bits per heavy atom. The molecule has 2 aromatic carbocycles. The van der Waals surface area contributed by atoms with Gasteiger partial charge in [0.15, 0.2) is 20.0 Å². The molecule has 0 saturated carbocycles. The van der Waals surface area contributed by atoms with Crippen LogP contribution in [0.3, 0.4) is 0 Å². The van der Waals surface area contributed by atoms with Crippen LogP contribution in [0.2, 0.25) is 0 Å². The molecule has 0 aliphatic carbocycles. The maximum atomic E-state index is 11.4. The van der Waals surface area contributed by atoms with Gasteiger partial charge in [-0.2, -0.15) is 26.3 Å². The molecule has 228 valence electrons. The lowest BCUT2D eigenvalue weighted by Crippen LogP contribution is -2.35. The fourth-order valence-electron chi connectivity index (χ4n) is 2.93. The molecule has 16 heteroatoms. The van der Waals surface area contributed by atoms with Crippen LogP contribution < -0.4 is 4.74 Å². The van der Waals surface area contributed by atoms with Crippen LogP contribution in [-0.2, 0) is 20.0 Å². The fraction of sp³-hybridized carbons (Fsp3) is 0.500. The molecule has 7 nitrogen and oxygen atoms in total. The molecule has 0 fully saturated rings. The smallest absolute Gasteiger partial charge is 0.480 e. The van der Waals surface area contributed by atoms with E-state index in [0.29, 0.717) is 0 Å². The number of hydrogen-bond acceptors (Lipinski definition) is 5. The van der Waals surface area contributed by atoms with Crippen LogP contribution in [0, 0.1) is 6.92 Å². The van der Waals surface area contributed by atoms with Crippen LogP contribution in [-0.4, -0.2) is 66.6 Å². The van der Waals surface area contributed by atoms with E-state index < -0.39 is 31.1 Å². The van der Waals surface area contributed by atoms with E-state index in [1.54, 1.807) is 0 Å². The number of alkyl halides is 7. The van der Waals surface area contributed by atoms with Gasteiger partial charge in [-0.25, -0.2) is 16.8 Å². The Morgan fingerprint density at radius 2 is 1.20 bits per heavy atom. The summed E-state index contributed by atoms with van der Waals surface area (Å²) < 4.78 is 116. The second kappa shape index (κ2) is 14.2. The summed E-state index contributed by atoms with van der Waals surface area (Å²) in [6.07, 6.45) is 3.56. The maximum absolute atomic E-state index is 11.4. The van der Waals surface area contributed by atoms with E-state index in [9.17, 15) is 43.2 Å². The Bertz CT molecular complexity index is 1240. The number of halogens is 7. The van der Waals surface area contributed by atoms with Gasteiger partial charge in [-0.05, 0) is 49.4 Å². The Morgan fingerprint density at radius 1 is 0.775 bits per heavy atom. The third-order valence-corrected chi connectivity index (χ3v) is 8.31. The SMILES string of the molecule is Cc1ccc(C(Cl)c2ccc(OCCCCC[N+](C)(C)C)cc2)cc1.O=S(=O)([N-]S(=O)(=O)C(F)(F)F)C(F)(F)F. The van der Waals surface area contributed by atoms with Crippen molar-refractivity contribution in [3.63, 3.8) is 0 Å². The van der Waals surface area contributed by atoms with E-state index in [-0.39, 0.29) is 5.38 Å². The zero-order valence-electron chi connectivity index (χ0n) is 22.1. The second-order valence-electron chi connectivity index (χ2n) is 9.68. The molecule has 1 unspecified atom stereocenters. The molecule has 1 atom stereocenters. The summed E-state index contributed by atoms with van der Waals surface area (Å²) in [5, 5.41) is -0.120. The van der Waals surface area contributed by atoms with Gasteiger partial charge in [0.1, 0.15) is 5.75 Å². The third-order valence-electron chi connectivity index (χ3n) is 5.07. The number of rotatable bonds is 11.